The van der Waals surface area contributed by atoms with Crippen molar-refractivity contribution >= 4 is 27.3 Å². The number of rotatable bonds is 7. The molecular formula is C28H38N6O3S. The van der Waals surface area contributed by atoms with Gasteiger partial charge >= 0.3 is 0 Å². The van der Waals surface area contributed by atoms with E-state index < -0.39 is 10.0 Å². The summed E-state index contributed by atoms with van der Waals surface area (Å²) in [5.74, 6) is -0.116. The molecule has 2 aromatic rings. The zero-order valence-electron chi connectivity index (χ0n) is 22.4. The third kappa shape index (κ3) is 6.60. The van der Waals surface area contributed by atoms with E-state index in [-0.39, 0.29) is 29.4 Å². The van der Waals surface area contributed by atoms with E-state index in [2.05, 4.69) is 27.2 Å². The summed E-state index contributed by atoms with van der Waals surface area (Å²) >= 11 is 0. The molecule has 1 amide bonds. The van der Waals surface area contributed by atoms with Crippen molar-refractivity contribution in [2.24, 2.45) is 5.73 Å². The molecule has 9 nitrogen and oxygen atoms in total. The standard InChI is InChI=1S/C28H38N6O3S/c1-20-8-9-23(18-32-12-10-24(29)11-13-32)14-27(20)31-28(35)19-33-16-21(2)34(22(3)17-33)38(36,37)26-7-5-6-25(15-26)30-4/h5-9,14-15,21-22,24H,10-13,16-19,29H2,1-3H3,(H,31,35)/t21-,22+. The molecule has 0 radical (unpaired) electrons. The molecule has 0 bridgehead atoms. The summed E-state index contributed by atoms with van der Waals surface area (Å²) in [5.41, 5.74) is 9.29. The molecule has 2 saturated heterocycles. The first-order valence-corrected chi connectivity index (χ1v) is 14.6. The first-order valence-electron chi connectivity index (χ1n) is 13.2. The average Bonchev–Trinajstić information content (AvgIpc) is 2.87. The number of sulfonamides is 1. The summed E-state index contributed by atoms with van der Waals surface area (Å²) in [4.78, 5) is 20.9. The lowest BCUT2D eigenvalue weighted by Crippen LogP contribution is -2.59. The molecule has 2 fully saturated rings. The number of amides is 1. The third-order valence-electron chi connectivity index (χ3n) is 7.42. The lowest BCUT2D eigenvalue weighted by atomic mass is 10.0. The van der Waals surface area contributed by atoms with Gasteiger partial charge < -0.3 is 11.1 Å². The van der Waals surface area contributed by atoms with Crippen LogP contribution in [0.2, 0.25) is 0 Å². The Hall–Kier alpha value is -2.81. The number of likely N-dealkylation sites (tertiary alicyclic amines) is 1. The SMILES string of the molecule is [C-]#[N+]c1cccc(S(=O)(=O)N2[C@H](C)CN(CC(=O)Nc3cc(CN4CCC(N)CC4)ccc3C)C[C@@H]2C)c1. The van der Waals surface area contributed by atoms with Gasteiger partial charge in [-0.3, -0.25) is 14.6 Å². The Morgan fingerprint density at radius 2 is 1.76 bits per heavy atom. The van der Waals surface area contributed by atoms with Gasteiger partial charge in [-0.25, -0.2) is 13.3 Å². The van der Waals surface area contributed by atoms with Gasteiger partial charge in [-0.15, -0.1) is 0 Å². The second-order valence-electron chi connectivity index (χ2n) is 10.6. The van der Waals surface area contributed by atoms with Gasteiger partial charge in [-0.05, 0) is 76.0 Å². The Kier molecular flexibility index (Phi) is 8.85. The fourth-order valence-corrected chi connectivity index (χ4v) is 7.36. The predicted octanol–water partition coefficient (Wildman–Crippen LogP) is 3.19. The molecule has 0 aromatic heterocycles. The summed E-state index contributed by atoms with van der Waals surface area (Å²) in [7, 11) is -3.77. The number of piperidine rings is 1. The number of nitrogens with one attached hydrogen (secondary N) is 1. The molecule has 2 atom stereocenters. The molecule has 3 N–H and O–H groups in total. The minimum atomic E-state index is -3.77. The minimum Gasteiger partial charge on any atom is -0.328 e. The van der Waals surface area contributed by atoms with Crippen LogP contribution in [0.3, 0.4) is 0 Å². The fraction of sp³-hybridized carbons (Fsp3) is 0.500. The predicted molar refractivity (Wildman–Crippen MR) is 149 cm³/mol. The number of benzene rings is 2. The van der Waals surface area contributed by atoms with Crippen LogP contribution in [0.25, 0.3) is 4.85 Å². The highest BCUT2D eigenvalue weighted by atomic mass is 32.2. The molecule has 0 spiro atoms. The van der Waals surface area contributed by atoms with E-state index in [1.165, 1.54) is 16.4 Å². The highest BCUT2D eigenvalue weighted by Gasteiger charge is 2.38. The van der Waals surface area contributed by atoms with Crippen LogP contribution in [-0.2, 0) is 21.4 Å². The summed E-state index contributed by atoms with van der Waals surface area (Å²) in [5, 5.41) is 3.07. The van der Waals surface area contributed by atoms with Crippen LogP contribution in [0.1, 0.15) is 37.8 Å². The van der Waals surface area contributed by atoms with E-state index in [1.807, 2.05) is 31.7 Å². The van der Waals surface area contributed by atoms with E-state index >= 15 is 0 Å². The zero-order valence-corrected chi connectivity index (χ0v) is 23.2. The second kappa shape index (κ2) is 11.9. The first-order chi connectivity index (χ1) is 18.1. The quantitative estimate of drug-likeness (QED) is 0.525. The first kappa shape index (κ1) is 28.2. The summed E-state index contributed by atoms with van der Waals surface area (Å²) in [6.07, 6.45) is 2.02. The fourth-order valence-electron chi connectivity index (χ4n) is 5.52. The molecule has 0 unspecified atom stereocenters. The van der Waals surface area contributed by atoms with Gasteiger partial charge in [0.2, 0.25) is 15.9 Å². The molecule has 38 heavy (non-hydrogen) atoms. The Balaban J connectivity index is 1.37. The molecule has 2 aromatic carbocycles. The molecule has 2 heterocycles. The Bertz CT molecular complexity index is 1290. The number of nitrogens with zero attached hydrogens (tertiary/aromatic N) is 4. The van der Waals surface area contributed by atoms with Gasteiger partial charge in [-0.2, -0.15) is 4.31 Å². The number of hydrogen-bond acceptors (Lipinski definition) is 6. The normalized spacial score (nSPS) is 22.2. The van der Waals surface area contributed by atoms with Crippen LogP contribution in [0.4, 0.5) is 11.4 Å². The van der Waals surface area contributed by atoms with Gasteiger partial charge in [0.1, 0.15) is 0 Å². The van der Waals surface area contributed by atoms with Crippen molar-refractivity contribution in [3.63, 3.8) is 0 Å². The van der Waals surface area contributed by atoms with Crippen molar-refractivity contribution in [2.75, 3.05) is 38.0 Å². The van der Waals surface area contributed by atoms with E-state index in [1.54, 1.807) is 12.1 Å². The monoisotopic (exact) mass is 538 g/mol. The third-order valence-corrected chi connectivity index (χ3v) is 9.54. The van der Waals surface area contributed by atoms with Crippen LogP contribution in [-0.4, -0.2) is 79.3 Å². The summed E-state index contributed by atoms with van der Waals surface area (Å²) in [6.45, 7) is 16.8. The highest BCUT2D eigenvalue weighted by Crippen LogP contribution is 2.28. The van der Waals surface area contributed by atoms with Crippen molar-refractivity contribution in [2.45, 2.75) is 63.2 Å². The Morgan fingerprint density at radius 1 is 1.08 bits per heavy atom. The van der Waals surface area contributed by atoms with Gasteiger partial charge in [0, 0.05) is 43.4 Å². The molecule has 0 aliphatic carbocycles. The zero-order chi connectivity index (χ0) is 27.4. The van der Waals surface area contributed by atoms with Crippen LogP contribution in [0, 0.1) is 13.5 Å². The number of piperazine rings is 1. The van der Waals surface area contributed by atoms with Crippen molar-refractivity contribution < 1.29 is 13.2 Å². The topological polar surface area (TPSA) is 103 Å². The molecule has 10 heteroatoms. The van der Waals surface area contributed by atoms with Crippen molar-refractivity contribution in [3.05, 3.63) is 65.0 Å². The van der Waals surface area contributed by atoms with Gasteiger partial charge in [0.15, 0.2) is 5.69 Å². The van der Waals surface area contributed by atoms with Crippen LogP contribution in [0.5, 0.6) is 0 Å². The molecule has 204 valence electrons. The minimum absolute atomic E-state index is 0.116. The Labute approximate surface area is 226 Å². The van der Waals surface area contributed by atoms with Crippen molar-refractivity contribution in [3.8, 4) is 0 Å². The number of hydrogen-bond donors (Lipinski definition) is 2. The lowest BCUT2D eigenvalue weighted by molar-refractivity contribution is -0.118. The van der Waals surface area contributed by atoms with Crippen LogP contribution < -0.4 is 11.1 Å². The smallest absolute Gasteiger partial charge is 0.242 e. The van der Waals surface area contributed by atoms with Gasteiger partial charge in [-0.1, -0.05) is 24.3 Å². The molecule has 2 aliphatic heterocycles. The molecule has 0 saturated carbocycles. The number of carbonyl (C=O) groups is 1. The lowest BCUT2D eigenvalue weighted by Gasteiger charge is -2.43. The molecule has 4 rings (SSSR count). The van der Waals surface area contributed by atoms with Gasteiger partial charge in [0.25, 0.3) is 0 Å². The van der Waals surface area contributed by atoms with Crippen molar-refractivity contribution in [1.29, 1.82) is 0 Å². The number of aryl methyl sites for hydroxylation is 1. The van der Waals surface area contributed by atoms with Crippen LogP contribution in [0.15, 0.2) is 47.4 Å². The van der Waals surface area contributed by atoms with Crippen LogP contribution >= 0.6 is 0 Å². The number of anilines is 1. The second-order valence-corrected chi connectivity index (χ2v) is 12.5. The largest absolute Gasteiger partial charge is 0.328 e. The van der Waals surface area contributed by atoms with E-state index in [4.69, 9.17) is 12.3 Å². The summed E-state index contributed by atoms with van der Waals surface area (Å²) in [6, 6.07) is 12.0. The molecule has 2 aliphatic rings. The number of nitrogens with two attached hydrogens (primary N) is 1. The summed E-state index contributed by atoms with van der Waals surface area (Å²) < 4.78 is 28.3. The van der Waals surface area contributed by atoms with Crippen molar-refractivity contribution in [1.82, 2.24) is 14.1 Å². The maximum Gasteiger partial charge on any atom is 0.242 e. The molecular weight excluding hydrogens is 500 g/mol. The average molecular weight is 539 g/mol. The van der Waals surface area contributed by atoms with Gasteiger partial charge in [0.05, 0.1) is 18.0 Å². The number of carbonyl (C=O) groups excluding carboxylic acids is 1. The maximum absolute atomic E-state index is 13.4. The highest BCUT2D eigenvalue weighted by molar-refractivity contribution is 7.89. The maximum atomic E-state index is 13.4. The van der Waals surface area contributed by atoms with E-state index in [0.29, 0.717) is 24.8 Å². The Morgan fingerprint density at radius 3 is 2.42 bits per heavy atom. The van der Waals surface area contributed by atoms with E-state index in [0.717, 1.165) is 49.3 Å². The van der Waals surface area contributed by atoms with E-state index in [9.17, 15) is 13.2 Å².